The molecule has 4 rings (SSSR count). The standard InChI is InChI=1S/2C12H12N2O2S/c13-9-1-5-11(6-2-9)17(15,16)12-7-3-10(14)4-8-12;13-9-3-1-5-11(7-9)17(15,16)12-6-2-4-10(14)8-12/h2*1-8H,13-14H2. The van der Waals surface area contributed by atoms with Crippen LogP contribution >= 0.6 is 0 Å². The number of nitrogens with two attached hydrogens (primary N) is 4. The van der Waals surface area contributed by atoms with Crippen molar-refractivity contribution in [1.29, 1.82) is 0 Å². The largest absolute Gasteiger partial charge is 0.399 e. The predicted octanol–water partition coefficient (Wildman–Crippen LogP) is 3.37. The smallest absolute Gasteiger partial charge is 0.206 e. The van der Waals surface area contributed by atoms with Crippen molar-refractivity contribution in [3.05, 3.63) is 97.1 Å². The Hall–Kier alpha value is -4.02. The minimum absolute atomic E-state index is 0.170. The Balaban J connectivity index is 0.000000191. The van der Waals surface area contributed by atoms with Gasteiger partial charge in [0.25, 0.3) is 0 Å². The van der Waals surface area contributed by atoms with E-state index in [1.54, 1.807) is 48.5 Å². The summed E-state index contributed by atoms with van der Waals surface area (Å²) >= 11 is 0. The van der Waals surface area contributed by atoms with Gasteiger partial charge in [-0.2, -0.15) is 0 Å². The van der Waals surface area contributed by atoms with Gasteiger partial charge in [-0.05, 0) is 84.9 Å². The quantitative estimate of drug-likeness (QED) is 0.311. The molecule has 0 aromatic heterocycles. The van der Waals surface area contributed by atoms with Gasteiger partial charge in [0.1, 0.15) is 0 Å². The summed E-state index contributed by atoms with van der Waals surface area (Å²) < 4.78 is 48.8. The maximum Gasteiger partial charge on any atom is 0.206 e. The molecule has 0 aliphatic heterocycles. The van der Waals surface area contributed by atoms with Crippen molar-refractivity contribution < 1.29 is 16.8 Å². The number of benzene rings is 4. The molecule has 0 fully saturated rings. The van der Waals surface area contributed by atoms with Crippen molar-refractivity contribution in [2.45, 2.75) is 19.6 Å². The number of nitrogen functional groups attached to an aromatic ring is 4. The maximum absolute atomic E-state index is 12.2. The highest BCUT2D eigenvalue weighted by Gasteiger charge is 2.18. The molecule has 0 atom stereocenters. The summed E-state index contributed by atoms with van der Waals surface area (Å²) in [6.07, 6.45) is 0. The molecule has 10 heteroatoms. The van der Waals surface area contributed by atoms with Gasteiger partial charge in [0.2, 0.25) is 19.7 Å². The third kappa shape index (κ3) is 5.66. The van der Waals surface area contributed by atoms with Crippen LogP contribution in [-0.2, 0) is 19.7 Å². The van der Waals surface area contributed by atoms with Crippen LogP contribution in [0.2, 0.25) is 0 Å². The van der Waals surface area contributed by atoms with E-state index in [-0.39, 0.29) is 19.6 Å². The highest BCUT2D eigenvalue weighted by molar-refractivity contribution is 7.91. The van der Waals surface area contributed by atoms with Crippen LogP contribution in [-0.4, -0.2) is 16.8 Å². The normalized spacial score (nSPS) is 11.3. The van der Waals surface area contributed by atoms with Gasteiger partial charge in [0.05, 0.1) is 19.6 Å². The molecule has 0 aliphatic carbocycles. The molecule has 0 saturated heterocycles. The van der Waals surface area contributed by atoms with Gasteiger partial charge in [0, 0.05) is 22.7 Å². The molecule has 0 heterocycles. The summed E-state index contributed by atoms with van der Waals surface area (Å²) in [4.78, 5) is 0.777. The first-order chi connectivity index (χ1) is 16.0. The molecule has 0 amide bonds. The highest BCUT2D eigenvalue weighted by Crippen LogP contribution is 2.24. The van der Waals surface area contributed by atoms with E-state index in [0.717, 1.165) is 0 Å². The lowest BCUT2D eigenvalue weighted by Gasteiger charge is -2.05. The molecule has 34 heavy (non-hydrogen) atoms. The van der Waals surface area contributed by atoms with Crippen LogP contribution in [0.4, 0.5) is 22.7 Å². The summed E-state index contributed by atoms with van der Waals surface area (Å²) in [5.74, 6) is 0. The Labute approximate surface area is 198 Å². The molecule has 4 aromatic carbocycles. The fourth-order valence-electron chi connectivity index (χ4n) is 2.93. The van der Waals surface area contributed by atoms with Gasteiger partial charge in [-0.25, -0.2) is 16.8 Å². The number of rotatable bonds is 4. The average Bonchev–Trinajstić information content (AvgIpc) is 2.80. The van der Waals surface area contributed by atoms with Crippen molar-refractivity contribution in [2.24, 2.45) is 0 Å². The van der Waals surface area contributed by atoms with Gasteiger partial charge >= 0.3 is 0 Å². The zero-order chi connectivity index (χ0) is 24.9. The molecule has 0 saturated carbocycles. The van der Waals surface area contributed by atoms with Crippen LogP contribution in [0.1, 0.15) is 0 Å². The van der Waals surface area contributed by atoms with Crippen molar-refractivity contribution in [2.75, 3.05) is 22.9 Å². The third-order valence-corrected chi connectivity index (χ3v) is 8.25. The molecule has 176 valence electrons. The second kappa shape index (κ2) is 9.86. The third-order valence-electron chi connectivity index (χ3n) is 4.72. The van der Waals surface area contributed by atoms with Crippen LogP contribution in [0.3, 0.4) is 0 Å². The molecular weight excluding hydrogens is 472 g/mol. The van der Waals surface area contributed by atoms with Crippen molar-refractivity contribution in [3.8, 4) is 0 Å². The molecular formula is C24H24N4O4S2. The molecule has 4 aromatic rings. The molecule has 0 aliphatic rings. The molecule has 8 N–H and O–H groups in total. The lowest BCUT2D eigenvalue weighted by atomic mass is 10.3. The number of hydrogen-bond acceptors (Lipinski definition) is 8. The number of hydrogen-bond donors (Lipinski definition) is 4. The fraction of sp³-hybridized carbons (Fsp3) is 0. The Morgan fingerprint density at radius 2 is 0.706 bits per heavy atom. The van der Waals surface area contributed by atoms with E-state index in [9.17, 15) is 16.8 Å². The van der Waals surface area contributed by atoms with Crippen LogP contribution in [0, 0.1) is 0 Å². The van der Waals surface area contributed by atoms with Gasteiger partial charge in [-0.1, -0.05) is 12.1 Å². The van der Waals surface area contributed by atoms with E-state index in [0.29, 0.717) is 22.7 Å². The fourth-order valence-corrected chi connectivity index (χ4v) is 5.56. The minimum atomic E-state index is -3.54. The summed E-state index contributed by atoms with van der Waals surface area (Å²) in [5, 5.41) is 0. The molecule has 0 bridgehead atoms. The zero-order valence-corrected chi connectivity index (χ0v) is 19.6. The summed E-state index contributed by atoms with van der Waals surface area (Å²) in [7, 11) is -7.03. The Morgan fingerprint density at radius 1 is 0.382 bits per heavy atom. The van der Waals surface area contributed by atoms with E-state index in [1.807, 2.05) is 0 Å². The van der Waals surface area contributed by atoms with Crippen LogP contribution < -0.4 is 22.9 Å². The summed E-state index contributed by atoms with van der Waals surface area (Å²) in [6, 6.07) is 24.5. The summed E-state index contributed by atoms with van der Waals surface area (Å²) in [5.41, 5.74) is 24.1. The molecule has 0 spiro atoms. The number of sulfone groups is 2. The number of anilines is 4. The van der Waals surface area contributed by atoms with E-state index in [2.05, 4.69) is 0 Å². The first-order valence-corrected chi connectivity index (χ1v) is 12.9. The lowest BCUT2D eigenvalue weighted by Crippen LogP contribution is -2.03. The maximum atomic E-state index is 12.2. The molecule has 0 radical (unpaired) electrons. The monoisotopic (exact) mass is 496 g/mol. The van der Waals surface area contributed by atoms with E-state index >= 15 is 0 Å². The lowest BCUT2D eigenvalue weighted by molar-refractivity contribution is 0.594. The van der Waals surface area contributed by atoms with Gasteiger partial charge in [-0.3, -0.25) is 0 Å². The minimum Gasteiger partial charge on any atom is -0.399 e. The van der Waals surface area contributed by atoms with E-state index in [4.69, 9.17) is 22.9 Å². The van der Waals surface area contributed by atoms with E-state index < -0.39 is 19.7 Å². The van der Waals surface area contributed by atoms with Gasteiger partial charge in [-0.15, -0.1) is 0 Å². The first-order valence-electron chi connectivity index (χ1n) is 9.92. The SMILES string of the molecule is Nc1ccc(S(=O)(=O)c2ccc(N)cc2)cc1.Nc1cccc(S(=O)(=O)c2cccc(N)c2)c1. The van der Waals surface area contributed by atoms with E-state index in [1.165, 1.54) is 48.5 Å². The predicted molar refractivity (Wildman–Crippen MR) is 134 cm³/mol. The van der Waals surface area contributed by atoms with Crippen molar-refractivity contribution >= 4 is 42.4 Å². The van der Waals surface area contributed by atoms with Crippen LogP contribution in [0.5, 0.6) is 0 Å². The molecule has 8 nitrogen and oxygen atoms in total. The Morgan fingerprint density at radius 3 is 1.03 bits per heavy atom. The second-order valence-corrected chi connectivity index (χ2v) is 11.2. The van der Waals surface area contributed by atoms with Gasteiger partial charge < -0.3 is 22.9 Å². The average molecular weight is 497 g/mol. The van der Waals surface area contributed by atoms with Crippen molar-refractivity contribution in [1.82, 2.24) is 0 Å². The Kier molecular flexibility index (Phi) is 7.14. The Bertz CT molecular complexity index is 1400. The zero-order valence-electron chi connectivity index (χ0n) is 18.0. The van der Waals surface area contributed by atoms with Crippen LogP contribution in [0.15, 0.2) is 117 Å². The highest BCUT2D eigenvalue weighted by atomic mass is 32.2. The summed E-state index contributed by atoms with van der Waals surface area (Å²) in [6.45, 7) is 0. The second-order valence-electron chi connectivity index (χ2n) is 7.29. The first kappa shape index (κ1) is 24.6. The topological polar surface area (TPSA) is 172 Å². The van der Waals surface area contributed by atoms with Crippen LogP contribution in [0.25, 0.3) is 0 Å². The van der Waals surface area contributed by atoms with Crippen molar-refractivity contribution in [3.63, 3.8) is 0 Å². The van der Waals surface area contributed by atoms with Gasteiger partial charge in [0.15, 0.2) is 0 Å². The molecule has 0 unspecified atom stereocenters.